The van der Waals surface area contributed by atoms with Gasteiger partial charge < -0.3 is 16.4 Å². The molecule has 0 bridgehead atoms. The third kappa shape index (κ3) is 6.70. The van der Waals surface area contributed by atoms with Crippen LogP contribution in [0.3, 0.4) is 0 Å². The van der Waals surface area contributed by atoms with Gasteiger partial charge in [0.1, 0.15) is 5.82 Å². The van der Waals surface area contributed by atoms with Gasteiger partial charge in [0.2, 0.25) is 0 Å². The van der Waals surface area contributed by atoms with E-state index in [1.165, 1.54) is 17.3 Å². The van der Waals surface area contributed by atoms with Crippen LogP contribution in [0.2, 0.25) is 10.0 Å². The molecule has 0 aliphatic carbocycles. The summed E-state index contributed by atoms with van der Waals surface area (Å²) in [5.74, 6) is 0.944. The molecule has 130 valence electrons. The predicted molar refractivity (Wildman–Crippen MR) is 114 cm³/mol. The molecule has 0 spiro atoms. The van der Waals surface area contributed by atoms with Crippen LogP contribution in [0.15, 0.2) is 35.5 Å². The number of nitrogens with zero attached hydrogens (tertiary/aromatic N) is 2. The van der Waals surface area contributed by atoms with Crippen molar-refractivity contribution in [2.45, 2.75) is 13.8 Å². The molecule has 2 rings (SSSR count). The topological polar surface area (TPSA) is 75.3 Å². The fourth-order valence-corrected chi connectivity index (χ4v) is 2.58. The van der Waals surface area contributed by atoms with Gasteiger partial charge in [-0.3, -0.25) is 4.99 Å². The molecule has 24 heavy (non-hydrogen) atoms. The van der Waals surface area contributed by atoms with Crippen molar-refractivity contribution in [1.29, 1.82) is 0 Å². The molecule has 0 amide bonds. The lowest BCUT2D eigenvalue weighted by atomic mass is 10.1. The molecule has 1 heterocycles. The molecule has 1 aromatic heterocycles. The quantitative estimate of drug-likeness (QED) is 0.256. The average Bonchev–Trinajstić information content (AvgIpc) is 2.44. The van der Waals surface area contributed by atoms with E-state index < -0.39 is 0 Å². The fourth-order valence-electron chi connectivity index (χ4n) is 2.13. The number of benzene rings is 1. The summed E-state index contributed by atoms with van der Waals surface area (Å²) >= 11 is 11.8. The largest absolute Gasteiger partial charge is 0.370 e. The van der Waals surface area contributed by atoms with Crippen LogP contribution in [0.1, 0.15) is 11.1 Å². The van der Waals surface area contributed by atoms with Crippen molar-refractivity contribution in [3.63, 3.8) is 0 Å². The Labute approximate surface area is 169 Å². The number of pyridine rings is 1. The Hall–Kier alpha value is -1.25. The third-order valence-corrected chi connectivity index (χ3v) is 3.48. The SMILES string of the molecule is Cc1cc(C)cc(NC(N)=NCCNc2ncc(Cl)cc2Cl)c1.I. The summed E-state index contributed by atoms with van der Waals surface area (Å²) in [5, 5.41) is 7.14. The number of aryl methyl sites for hydroxylation is 2. The lowest BCUT2D eigenvalue weighted by Gasteiger charge is -2.09. The van der Waals surface area contributed by atoms with Crippen LogP contribution < -0.4 is 16.4 Å². The molecular formula is C16H20Cl2IN5. The summed E-state index contributed by atoms with van der Waals surface area (Å²) in [6, 6.07) is 7.78. The second-order valence-corrected chi connectivity index (χ2v) is 6.02. The Morgan fingerprint density at radius 1 is 1.17 bits per heavy atom. The van der Waals surface area contributed by atoms with E-state index >= 15 is 0 Å². The van der Waals surface area contributed by atoms with Gasteiger partial charge in [-0.05, 0) is 43.2 Å². The van der Waals surface area contributed by atoms with Crippen molar-refractivity contribution in [2.75, 3.05) is 23.7 Å². The van der Waals surface area contributed by atoms with E-state index in [1.807, 2.05) is 26.0 Å². The highest BCUT2D eigenvalue weighted by molar-refractivity contribution is 14.0. The summed E-state index contributed by atoms with van der Waals surface area (Å²) in [4.78, 5) is 8.38. The number of nitrogens with two attached hydrogens (primary N) is 1. The monoisotopic (exact) mass is 479 g/mol. The first kappa shape index (κ1) is 20.8. The molecule has 8 heteroatoms. The van der Waals surface area contributed by atoms with E-state index in [2.05, 4.69) is 26.7 Å². The highest BCUT2D eigenvalue weighted by Gasteiger charge is 2.02. The second-order valence-electron chi connectivity index (χ2n) is 5.18. The fraction of sp³-hybridized carbons (Fsp3) is 0.250. The van der Waals surface area contributed by atoms with Crippen LogP contribution in [0.25, 0.3) is 0 Å². The van der Waals surface area contributed by atoms with Gasteiger partial charge in [-0.15, -0.1) is 24.0 Å². The molecule has 0 unspecified atom stereocenters. The molecule has 4 N–H and O–H groups in total. The van der Waals surface area contributed by atoms with Gasteiger partial charge in [-0.1, -0.05) is 29.3 Å². The molecule has 0 aliphatic rings. The Bertz CT molecular complexity index is 701. The molecule has 1 aromatic carbocycles. The number of hydrogen-bond acceptors (Lipinski definition) is 3. The summed E-state index contributed by atoms with van der Waals surface area (Å²) in [7, 11) is 0. The summed E-state index contributed by atoms with van der Waals surface area (Å²) in [6.45, 7) is 5.13. The Kier molecular flexibility index (Phi) is 8.58. The minimum atomic E-state index is 0. The van der Waals surface area contributed by atoms with Gasteiger partial charge in [-0.25, -0.2) is 4.98 Å². The maximum Gasteiger partial charge on any atom is 0.193 e. The average molecular weight is 480 g/mol. The number of halogens is 3. The standard InChI is InChI=1S/C16H19Cl2N5.HI/c1-10-5-11(2)7-13(6-10)23-16(19)21-4-3-20-15-14(18)8-12(17)9-22-15;/h5-9H,3-4H2,1-2H3,(H,20,22)(H3,19,21,23);1H. The normalized spacial score (nSPS) is 10.9. The van der Waals surface area contributed by atoms with Crippen LogP contribution in [0.4, 0.5) is 11.5 Å². The highest BCUT2D eigenvalue weighted by Crippen LogP contribution is 2.22. The maximum atomic E-state index is 6.03. The molecule has 0 aliphatic heterocycles. The Morgan fingerprint density at radius 2 is 1.83 bits per heavy atom. The van der Waals surface area contributed by atoms with E-state index in [4.69, 9.17) is 28.9 Å². The summed E-state index contributed by atoms with van der Waals surface area (Å²) < 4.78 is 0. The molecule has 5 nitrogen and oxygen atoms in total. The smallest absolute Gasteiger partial charge is 0.193 e. The molecule has 0 saturated heterocycles. The lowest BCUT2D eigenvalue weighted by molar-refractivity contribution is 1.01. The minimum Gasteiger partial charge on any atom is -0.370 e. The molecular weight excluding hydrogens is 460 g/mol. The zero-order valence-corrected chi connectivity index (χ0v) is 17.3. The first-order valence-corrected chi connectivity index (χ1v) is 7.90. The first-order valence-electron chi connectivity index (χ1n) is 7.14. The van der Waals surface area contributed by atoms with Gasteiger partial charge >= 0.3 is 0 Å². The zero-order valence-electron chi connectivity index (χ0n) is 13.4. The minimum absolute atomic E-state index is 0. The van der Waals surface area contributed by atoms with Crippen molar-refractivity contribution in [3.8, 4) is 0 Å². The van der Waals surface area contributed by atoms with E-state index in [9.17, 15) is 0 Å². The maximum absolute atomic E-state index is 6.03. The number of aliphatic imine (C=N–C) groups is 1. The van der Waals surface area contributed by atoms with Crippen molar-refractivity contribution < 1.29 is 0 Å². The number of rotatable bonds is 5. The van der Waals surface area contributed by atoms with Crippen LogP contribution in [0, 0.1) is 13.8 Å². The number of anilines is 2. The molecule has 2 aromatic rings. The summed E-state index contributed by atoms with van der Waals surface area (Å²) in [5.41, 5.74) is 9.16. The molecule has 0 saturated carbocycles. The van der Waals surface area contributed by atoms with Gasteiger partial charge in [0.25, 0.3) is 0 Å². The van der Waals surface area contributed by atoms with Gasteiger partial charge in [0.05, 0.1) is 16.6 Å². The van der Waals surface area contributed by atoms with Crippen LogP contribution >= 0.6 is 47.2 Å². The van der Waals surface area contributed by atoms with Crippen LogP contribution in [-0.2, 0) is 0 Å². The Morgan fingerprint density at radius 3 is 2.46 bits per heavy atom. The zero-order chi connectivity index (χ0) is 16.8. The first-order chi connectivity index (χ1) is 10.9. The number of guanidine groups is 1. The second kappa shape index (κ2) is 9.90. The van der Waals surface area contributed by atoms with Crippen molar-refractivity contribution >= 4 is 64.6 Å². The molecule has 0 radical (unpaired) electrons. The van der Waals surface area contributed by atoms with Crippen LogP contribution in [-0.4, -0.2) is 24.0 Å². The number of aromatic nitrogens is 1. The van der Waals surface area contributed by atoms with Gasteiger partial charge in [0, 0.05) is 18.4 Å². The lowest BCUT2D eigenvalue weighted by Crippen LogP contribution is -2.24. The van der Waals surface area contributed by atoms with E-state index in [1.54, 1.807) is 6.07 Å². The third-order valence-electron chi connectivity index (χ3n) is 2.99. The summed E-state index contributed by atoms with van der Waals surface area (Å²) in [6.07, 6.45) is 1.54. The molecule has 0 fully saturated rings. The number of hydrogen-bond donors (Lipinski definition) is 3. The van der Waals surface area contributed by atoms with Crippen molar-refractivity contribution in [1.82, 2.24) is 4.98 Å². The Balaban J connectivity index is 0.00000288. The van der Waals surface area contributed by atoms with Gasteiger partial charge in [0.15, 0.2) is 5.96 Å². The predicted octanol–water partition coefficient (Wildman–Crippen LogP) is 4.46. The van der Waals surface area contributed by atoms with Crippen LogP contribution in [0.5, 0.6) is 0 Å². The van der Waals surface area contributed by atoms with Crippen molar-refractivity contribution in [3.05, 3.63) is 51.6 Å². The number of nitrogens with one attached hydrogen (secondary N) is 2. The highest BCUT2D eigenvalue weighted by atomic mass is 127. The van der Waals surface area contributed by atoms with E-state index in [-0.39, 0.29) is 24.0 Å². The van der Waals surface area contributed by atoms with Gasteiger partial charge in [-0.2, -0.15) is 0 Å². The van der Waals surface area contributed by atoms with E-state index in [0.29, 0.717) is 34.9 Å². The molecule has 0 atom stereocenters. The van der Waals surface area contributed by atoms with E-state index in [0.717, 1.165) is 5.69 Å². The van der Waals surface area contributed by atoms with Crippen molar-refractivity contribution in [2.24, 2.45) is 10.7 Å².